The molecule has 0 aromatic heterocycles. The van der Waals surface area contributed by atoms with Gasteiger partial charge in [0.25, 0.3) is 0 Å². The molecule has 0 aliphatic carbocycles. The third kappa shape index (κ3) is 4.27. The Kier molecular flexibility index (Phi) is 6.13. The molecule has 0 aromatic carbocycles. The predicted octanol–water partition coefficient (Wildman–Crippen LogP) is 3.09. The molecule has 1 rings (SSSR count). The van der Waals surface area contributed by atoms with Crippen LogP contribution in [0.4, 0.5) is 0 Å². The lowest BCUT2D eigenvalue weighted by Gasteiger charge is -2.32. The summed E-state index contributed by atoms with van der Waals surface area (Å²) in [7, 11) is 1.75. The molecule has 0 spiro atoms. The Hall–Kier alpha value is -0.570. The maximum Gasteiger partial charge on any atom is 0.228 e. The summed E-state index contributed by atoms with van der Waals surface area (Å²) in [6, 6.07) is 0. The first kappa shape index (κ1) is 15.5. The van der Waals surface area contributed by atoms with Crippen molar-refractivity contribution in [2.24, 2.45) is 11.3 Å². The van der Waals surface area contributed by atoms with Crippen molar-refractivity contribution in [3.8, 4) is 0 Å². The van der Waals surface area contributed by atoms with Crippen molar-refractivity contribution in [3.63, 3.8) is 0 Å². The largest absolute Gasteiger partial charge is 0.385 e. The van der Waals surface area contributed by atoms with Gasteiger partial charge in [0.05, 0.1) is 0 Å². The molecule has 1 atom stereocenters. The minimum Gasteiger partial charge on any atom is -0.385 e. The van der Waals surface area contributed by atoms with Gasteiger partial charge in [-0.2, -0.15) is 0 Å². The van der Waals surface area contributed by atoms with Gasteiger partial charge < -0.3 is 9.64 Å². The number of methoxy groups -OCH3 is 1. The maximum atomic E-state index is 12.5. The highest BCUT2D eigenvalue weighted by Gasteiger charge is 2.32. The molecule has 0 N–H and O–H groups in total. The number of nitrogens with zero attached hydrogens (tertiary/aromatic N) is 1. The van der Waals surface area contributed by atoms with Crippen LogP contribution >= 0.6 is 0 Å². The Morgan fingerprint density at radius 3 is 2.72 bits per heavy atom. The van der Waals surface area contributed by atoms with Crippen molar-refractivity contribution in [1.82, 2.24) is 4.90 Å². The minimum atomic E-state index is -0.212. The number of likely N-dealkylation sites (tertiary alicyclic amines) is 1. The van der Waals surface area contributed by atoms with Crippen LogP contribution in [0.15, 0.2) is 0 Å². The summed E-state index contributed by atoms with van der Waals surface area (Å²) in [6.45, 7) is 8.88. The van der Waals surface area contributed by atoms with Gasteiger partial charge in [-0.25, -0.2) is 0 Å². The number of rotatable bonds is 5. The molecule has 1 aliphatic heterocycles. The zero-order valence-corrected chi connectivity index (χ0v) is 12.5. The molecule has 1 saturated heterocycles. The van der Waals surface area contributed by atoms with Crippen LogP contribution in [-0.4, -0.2) is 37.6 Å². The molecule has 0 aromatic rings. The summed E-state index contributed by atoms with van der Waals surface area (Å²) in [5, 5.41) is 0. The van der Waals surface area contributed by atoms with Gasteiger partial charge in [0.15, 0.2) is 0 Å². The average molecular weight is 255 g/mol. The van der Waals surface area contributed by atoms with E-state index in [9.17, 15) is 4.79 Å². The van der Waals surface area contributed by atoms with Gasteiger partial charge in [0.2, 0.25) is 5.91 Å². The molecule has 1 amide bonds. The number of amides is 1. The van der Waals surface area contributed by atoms with Gasteiger partial charge in [0.1, 0.15) is 0 Å². The number of carbonyl (C=O) groups is 1. The second kappa shape index (κ2) is 7.13. The fourth-order valence-electron chi connectivity index (χ4n) is 2.51. The summed E-state index contributed by atoms with van der Waals surface area (Å²) in [6.07, 6.45) is 5.61. The first-order valence-electron chi connectivity index (χ1n) is 7.29. The van der Waals surface area contributed by atoms with Crippen molar-refractivity contribution < 1.29 is 9.53 Å². The smallest absolute Gasteiger partial charge is 0.228 e. The molecule has 3 heteroatoms. The molecule has 1 fully saturated rings. The fraction of sp³-hybridized carbons (Fsp3) is 0.933. The third-order valence-corrected chi connectivity index (χ3v) is 4.25. The standard InChI is InChI=1S/C15H29NO2/c1-5-15(2,3)14(17)16-10-7-6-8-13(12-16)9-11-18-4/h13H,5-12H2,1-4H3. The normalized spacial score (nSPS) is 21.8. The number of hydrogen-bond acceptors (Lipinski definition) is 2. The topological polar surface area (TPSA) is 29.5 Å². The maximum absolute atomic E-state index is 12.5. The van der Waals surface area contributed by atoms with E-state index in [0.29, 0.717) is 11.8 Å². The Bertz CT molecular complexity index is 263. The van der Waals surface area contributed by atoms with Crippen LogP contribution in [0.1, 0.15) is 52.9 Å². The van der Waals surface area contributed by atoms with E-state index in [0.717, 1.165) is 39.0 Å². The monoisotopic (exact) mass is 255 g/mol. The summed E-state index contributed by atoms with van der Waals surface area (Å²) in [5.41, 5.74) is -0.212. The molecule has 18 heavy (non-hydrogen) atoms. The fourth-order valence-corrected chi connectivity index (χ4v) is 2.51. The second-order valence-corrected chi connectivity index (χ2v) is 6.13. The summed E-state index contributed by atoms with van der Waals surface area (Å²) in [5.74, 6) is 0.943. The van der Waals surface area contributed by atoms with Crippen LogP contribution in [0.2, 0.25) is 0 Å². The molecule has 1 heterocycles. The Labute approximate surface area is 112 Å². The van der Waals surface area contributed by atoms with Crippen molar-refractivity contribution >= 4 is 5.91 Å². The highest BCUT2D eigenvalue weighted by molar-refractivity contribution is 5.81. The zero-order chi connectivity index (χ0) is 13.6. The van der Waals surface area contributed by atoms with E-state index in [2.05, 4.69) is 25.7 Å². The zero-order valence-electron chi connectivity index (χ0n) is 12.5. The van der Waals surface area contributed by atoms with Crippen molar-refractivity contribution in [2.45, 2.75) is 52.9 Å². The Balaban J connectivity index is 2.61. The van der Waals surface area contributed by atoms with Crippen LogP contribution in [-0.2, 0) is 9.53 Å². The van der Waals surface area contributed by atoms with Gasteiger partial charge in [-0.3, -0.25) is 4.79 Å². The number of carbonyl (C=O) groups excluding carboxylic acids is 1. The Morgan fingerprint density at radius 1 is 1.39 bits per heavy atom. The van der Waals surface area contributed by atoms with Crippen molar-refractivity contribution in [2.75, 3.05) is 26.8 Å². The quantitative estimate of drug-likeness (QED) is 0.755. The van der Waals surface area contributed by atoms with Crippen LogP contribution in [0.5, 0.6) is 0 Å². The molecular weight excluding hydrogens is 226 g/mol. The van der Waals surface area contributed by atoms with E-state index >= 15 is 0 Å². The summed E-state index contributed by atoms with van der Waals surface area (Å²) < 4.78 is 5.17. The predicted molar refractivity (Wildman–Crippen MR) is 74.5 cm³/mol. The van der Waals surface area contributed by atoms with Gasteiger partial charge in [0, 0.05) is 32.2 Å². The SMILES string of the molecule is CCC(C)(C)C(=O)N1CCCCC(CCOC)C1. The van der Waals surface area contributed by atoms with Crippen LogP contribution < -0.4 is 0 Å². The molecule has 1 unspecified atom stereocenters. The Morgan fingerprint density at radius 2 is 2.11 bits per heavy atom. The van der Waals surface area contributed by atoms with E-state index in [1.807, 2.05) is 0 Å². The van der Waals surface area contributed by atoms with Crippen molar-refractivity contribution in [1.29, 1.82) is 0 Å². The van der Waals surface area contributed by atoms with Gasteiger partial charge >= 0.3 is 0 Å². The molecule has 3 nitrogen and oxygen atoms in total. The first-order valence-corrected chi connectivity index (χ1v) is 7.29. The van der Waals surface area contributed by atoms with E-state index in [1.54, 1.807) is 7.11 Å². The summed E-state index contributed by atoms with van der Waals surface area (Å²) in [4.78, 5) is 14.6. The lowest BCUT2D eigenvalue weighted by atomic mass is 9.88. The van der Waals surface area contributed by atoms with Crippen LogP contribution in [0.25, 0.3) is 0 Å². The van der Waals surface area contributed by atoms with Crippen molar-refractivity contribution in [3.05, 3.63) is 0 Å². The number of ether oxygens (including phenoxy) is 1. The first-order chi connectivity index (χ1) is 8.51. The molecule has 0 radical (unpaired) electrons. The molecule has 106 valence electrons. The van der Waals surface area contributed by atoms with Crippen LogP contribution in [0, 0.1) is 11.3 Å². The van der Waals surface area contributed by atoms with Gasteiger partial charge in [-0.05, 0) is 31.6 Å². The highest BCUT2D eigenvalue weighted by atomic mass is 16.5. The van der Waals surface area contributed by atoms with E-state index in [-0.39, 0.29) is 5.41 Å². The van der Waals surface area contributed by atoms with E-state index in [4.69, 9.17) is 4.74 Å². The third-order valence-electron chi connectivity index (χ3n) is 4.25. The lowest BCUT2D eigenvalue weighted by Crippen LogP contribution is -2.42. The van der Waals surface area contributed by atoms with Gasteiger partial charge in [-0.15, -0.1) is 0 Å². The number of hydrogen-bond donors (Lipinski definition) is 0. The molecule has 1 aliphatic rings. The lowest BCUT2D eigenvalue weighted by molar-refractivity contribution is -0.141. The van der Waals surface area contributed by atoms with Gasteiger partial charge in [-0.1, -0.05) is 27.2 Å². The average Bonchev–Trinajstić information content (AvgIpc) is 2.60. The summed E-state index contributed by atoms with van der Waals surface area (Å²) >= 11 is 0. The highest BCUT2D eigenvalue weighted by Crippen LogP contribution is 2.27. The second-order valence-electron chi connectivity index (χ2n) is 6.13. The minimum absolute atomic E-state index is 0.212. The molecule has 0 saturated carbocycles. The molecule has 0 bridgehead atoms. The molecular formula is C15H29NO2. The van der Waals surface area contributed by atoms with Crippen LogP contribution in [0.3, 0.4) is 0 Å². The van der Waals surface area contributed by atoms with E-state index < -0.39 is 0 Å². The van der Waals surface area contributed by atoms with E-state index in [1.165, 1.54) is 12.8 Å².